The molecule has 1 amide bonds. The van der Waals surface area contributed by atoms with Crippen LogP contribution in [0.4, 0.5) is 4.39 Å². The van der Waals surface area contributed by atoms with Crippen molar-refractivity contribution in [1.82, 2.24) is 25.4 Å². The maximum Gasteiger partial charge on any atom is 0.261 e. The van der Waals surface area contributed by atoms with Gasteiger partial charge in [-0.2, -0.15) is 15.3 Å². The largest absolute Gasteiger partial charge is 0.277 e. The topological polar surface area (TPSA) is 88.0 Å². The Bertz CT molecular complexity index is 865. The number of aryl methyl sites for hydroxylation is 1. The molecule has 122 valence electrons. The van der Waals surface area contributed by atoms with Crippen LogP contribution in [0.25, 0.3) is 11.3 Å². The molecule has 0 spiro atoms. The van der Waals surface area contributed by atoms with Crippen LogP contribution in [0, 0.1) is 12.7 Å². The van der Waals surface area contributed by atoms with Gasteiger partial charge in [0.2, 0.25) is 0 Å². The molecule has 0 aliphatic rings. The van der Waals surface area contributed by atoms with E-state index in [0.29, 0.717) is 11.3 Å². The van der Waals surface area contributed by atoms with Crippen LogP contribution >= 0.6 is 0 Å². The minimum absolute atomic E-state index is 0.0897. The molecule has 0 unspecified atom stereocenters. The third kappa shape index (κ3) is 3.54. The Hall–Kier alpha value is -3.29. The number of aromatic amines is 1. The molecule has 0 aliphatic carbocycles. The molecule has 0 saturated heterocycles. The quantitative estimate of drug-likeness (QED) is 0.554. The first-order valence-electron chi connectivity index (χ1n) is 7.23. The zero-order chi connectivity index (χ0) is 16.9. The van der Waals surface area contributed by atoms with Crippen molar-refractivity contribution < 1.29 is 9.18 Å². The molecule has 0 radical (unpaired) electrons. The van der Waals surface area contributed by atoms with Crippen LogP contribution in [0.1, 0.15) is 11.3 Å². The summed E-state index contributed by atoms with van der Waals surface area (Å²) in [7, 11) is 0. The van der Waals surface area contributed by atoms with E-state index in [2.05, 4.69) is 25.8 Å². The zero-order valence-corrected chi connectivity index (χ0v) is 12.9. The molecule has 7 nitrogen and oxygen atoms in total. The number of carbonyl (C=O) groups is 1. The molecular weight excluding hydrogens is 311 g/mol. The molecule has 0 aliphatic heterocycles. The van der Waals surface area contributed by atoms with Crippen molar-refractivity contribution in [1.29, 1.82) is 0 Å². The Morgan fingerprint density at radius 1 is 1.38 bits per heavy atom. The van der Waals surface area contributed by atoms with Crippen LogP contribution in [0.3, 0.4) is 0 Å². The Kier molecular flexibility index (Phi) is 4.46. The van der Waals surface area contributed by atoms with E-state index in [1.165, 1.54) is 18.3 Å². The van der Waals surface area contributed by atoms with Gasteiger partial charge in [0, 0.05) is 23.0 Å². The molecular formula is C16H15FN6O. The lowest BCUT2D eigenvalue weighted by Crippen LogP contribution is -2.24. The first-order chi connectivity index (χ1) is 11.6. The number of hydrogen-bond donors (Lipinski definition) is 2. The highest BCUT2D eigenvalue weighted by Gasteiger charge is 2.07. The Balaban J connectivity index is 1.65. The number of carbonyl (C=O) groups excluding carboxylic acids is 1. The van der Waals surface area contributed by atoms with E-state index in [0.717, 1.165) is 11.3 Å². The summed E-state index contributed by atoms with van der Waals surface area (Å²) in [5.41, 5.74) is 5.47. The first kappa shape index (κ1) is 15.6. The highest BCUT2D eigenvalue weighted by molar-refractivity contribution is 5.89. The number of hydrazone groups is 1. The molecule has 0 bridgehead atoms. The summed E-state index contributed by atoms with van der Waals surface area (Å²) in [4.78, 5) is 11.8. The minimum Gasteiger partial charge on any atom is -0.277 e. The van der Waals surface area contributed by atoms with Gasteiger partial charge >= 0.3 is 0 Å². The summed E-state index contributed by atoms with van der Waals surface area (Å²) in [6, 6.07) is 7.83. The second kappa shape index (κ2) is 6.86. The number of amides is 1. The first-order valence-corrected chi connectivity index (χ1v) is 7.23. The van der Waals surface area contributed by atoms with E-state index in [-0.39, 0.29) is 18.3 Å². The van der Waals surface area contributed by atoms with Crippen molar-refractivity contribution in [3.63, 3.8) is 0 Å². The minimum atomic E-state index is -0.310. The second-order valence-electron chi connectivity index (χ2n) is 5.13. The van der Waals surface area contributed by atoms with E-state index in [9.17, 15) is 9.18 Å². The van der Waals surface area contributed by atoms with Crippen LogP contribution in [0.15, 0.2) is 47.8 Å². The highest BCUT2D eigenvalue weighted by atomic mass is 19.1. The second-order valence-corrected chi connectivity index (χ2v) is 5.13. The van der Waals surface area contributed by atoms with Gasteiger partial charge in [-0.1, -0.05) is 0 Å². The van der Waals surface area contributed by atoms with Crippen LogP contribution in [-0.2, 0) is 11.3 Å². The molecule has 3 aromatic rings. The lowest BCUT2D eigenvalue weighted by molar-refractivity contribution is -0.121. The molecule has 0 saturated carbocycles. The average Bonchev–Trinajstić information content (AvgIpc) is 3.18. The molecule has 2 aromatic heterocycles. The Labute approximate surface area is 137 Å². The number of rotatable bonds is 5. The summed E-state index contributed by atoms with van der Waals surface area (Å²) in [5, 5.41) is 14.7. The van der Waals surface area contributed by atoms with Gasteiger partial charge in [0.05, 0.1) is 18.1 Å². The van der Waals surface area contributed by atoms with Gasteiger partial charge in [0.1, 0.15) is 12.4 Å². The fourth-order valence-electron chi connectivity index (χ4n) is 2.15. The van der Waals surface area contributed by atoms with E-state index in [4.69, 9.17) is 0 Å². The zero-order valence-electron chi connectivity index (χ0n) is 12.9. The molecule has 1 aromatic carbocycles. The molecule has 2 N–H and O–H groups in total. The number of benzene rings is 1. The third-order valence-electron chi connectivity index (χ3n) is 3.42. The SMILES string of the molecule is Cc1ccnn1CC(=O)N/N=C\c1cn[nH]c1-c1ccc(F)cc1. The standard InChI is InChI=1S/C16H15FN6O/c1-11-6-7-20-23(11)10-15(24)21-18-8-13-9-19-22-16(13)12-2-4-14(17)5-3-12/h2-9H,10H2,1H3,(H,19,22)(H,21,24)/b18-8-. The summed E-state index contributed by atoms with van der Waals surface area (Å²) in [6.07, 6.45) is 4.69. The number of H-pyrrole nitrogens is 1. The summed E-state index contributed by atoms with van der Waals surface area (Å²) in [5.74, 6) is -0.598. The summed E-state index contributed by atoms with van der Waals surface area (Å²) in [6.45, 7) is 1.95. The maximum absolute atomic E-state index is 13.0. The third-order valence-corrected chi connectivity index (χ3v) is 3.42. The smallest absolute Gasteiger partial charge is 0.261 e. The van der Waals surface area contributed by atoms with Crippen molar-refractivity contribution in [2.45, 2.75) is 13.5 Å². The number of nitrogens with one attached hydrogen (secondary N) is 2. The molecule has 24 heavy (non-hydrogen) atoms. The fraction of sp³-hybridized carbons (Fsp3) is 0.125. The Morgan fingerprint density at radius 2 is 2.17 bits per heavy atom. The van der Waals surface area contributed by atoms with Crippen molar-refractivity contribution in [3.8, 4) is 11.3 Å². The number of hydrogen-bond acceptors (Lipinski definition) is 4. The van der Waals surface area contributed by atoms with Gasteiger partial charge in [-0.3, -0.25) is 14.6 Å². The van der Waals surface area contributed by atoms with E-state index < -0.39 is 0 Å². The van der Waals surface area contributed by atoms with Gasteiger partial charge < -0.3 is 0 Å². The molecule has 0 fully saturated rings. The normalized spacial score (nSPS) is 11.1. The van der Waals surface area contributed by atoms with Gasteiger partial charge in [-0.25, -0.2) is 9.82 Å². The predicted octanol–water partition coefficient (Wildman–Crippen LogP) is 1.87. The maximum atomic E-state index is 13.0. The molecule has 2 heterocycles. The molecule has 8 heteroatoms. The highest BCUT2D eigenvalue weighted by Crippen LogP contribution is 2.19. The van der Waals surface area contributed by atoms with Gasteiger partial charge in [0.15, 0.2) is 0 Å². The van der Waals surface area contributed by atoms with Crippen LogP contribution in [-0.4, -0.2) is 32.1 Å². The summed E-state index contributed by atoms with van der Waals surface area (Å²) >= 11 is 0. The van der Waals surface area contributed by atoms with Crippen molar-refractivity contribution in [3.05, 3.63) is 59.8 Å². The van der Waals surface area contributed by atoms with Gasteiger partial charge in [-0.05, 0) is 37.3 Å². The molecule has 3 rings (SSSR count). The predicted molar refractivity (Wildman–Crippen MR) is 86.7 cm³/mol. The average molecular weight is 326 g/mol. The van der Waals surface area contributed by atoms with Crippen molar-refractivity contribution in [2.24, 2.45) is 5.10 Å². The van der Waals surface area contributed by atoms with E-state index in [1.54, 1.807) is 29.2 Å². The number of halogens is 1. The van der Waals surface area contributed by atoms with Crippen LogP contribution < -0.4 is 5.43 Å². The summed E-state index contributed by atoms with van der Waals surface area (Å²) < 4.78 is 14.6. The van der Waals surface area contributed by atoms with Crippen molar-refractivity contribution in [2.75, 3.05) is 0 Å². The Morgan fingerprint density at radius 3 is 2.88 bits per heavy atom. The van der Waals surface area contributed by atoms with Crippen molar-refractivity contribution >= 4 is 12.1 Å². The van der Waals surface area contributed by atoms with Gasteiger partial charge in [0.25, 0.3) is 5.91 Å². The van der Waals surface area contributed by atoms with E-state index in [1.807, 2.05) is 13.0 Å². The fourth-order valence-corrected chi connectivity index (χ4v) is 2.15. The van der Waals surface area contributed by atoms with Crippen LogP contribution in [0.5, 0.6) is 0 Å². The number of aromatic nitrogens is 4. The van der Waals surface area contributed by atoms with Gasteiger partial charge in [-0.15, -0.1) is 0 Å². The van der Waals surface area contributed by atoms with Crippen LogP contribution in [0.2, 0.25) is 0 Å². The monoisotopic (exact) mass is 326 g/mol. The molecule has 0 atom stereocenters. The lowest BCUT2D eigenvalue weighted by Gasteiger charge is -2.03. The number of nitrogens with zero attached hydrogens (tertiary/aromatic N) is 4. The lowest BCUT2D eigenvalue weighted by atomic mass is 10.1. The van der Waals surface area contributed by atoms with E-state index >= 15 is 0 Å².